The van der Waals surface area contributed by atoms with Crippen molar-refractivity contribution in [2.24, 2.45) is 0 Å². The van der Waals surface area contributed by atoms with E-state index < -0.39 is 0 Å². The van der Waals surface area contributed by atoms with Gasteiger partial charge in [-0.2, -0.15) is 0 Å². The zero-order valence-electron chi connectivity index (χ0n) is 9.13. The molecule has 0 saturated heterocycles. The third-order valence-electron chi connectivity index (χ3n) is 1.89. The predicted molar refractivity (Wildman–Crippen MR) is 57.9 cm³/mol. The van der Waals surface area contributed by atoms with Crippen LogP contribution in [0.15, 0.2) is 12.1 Å². The van der Waals surface area contributed by atoms with Crippen molar-refractivity contribution in [2.45, 2.75) is 26.9 Å². The summed E-state index contributed by atoms with van der Waals surface area (Å²) in [6.07, 6.45) is 0.155. The van der Waals surface area contributed by atoms with Crippen molar-refractivity contribution in [3.05, 3.63) is 17.7 Å². The summed E-state index contributed by atoms with van der Waals surface area (Å²) in [5, 5.41) is 0. The van der Waals surface area contributed by atoms with Crippen molar-refractivity contribution < 1.29 is 9.47 Å². The van der Waals surface area contributed by atoms with Crippen LogP contribution in [0.2, 0.25) is 0 Å². The predicted octanol–water partition coefficient (Wildman–Crippen LogP) is 2.37. The SMILES string of the molecule is COc1cc(OC(C)C)c(C)cc1N. The van der Waals surface area contributed by atoms with Gasteiger partial charge in [0.2, 0.25) is 0 Å². The topological polar surface area (TPSA) is 44.5 Å². The molecule has 0 saturated carbocycles. The summed E-state index contributed by atoms with van der Waals surface area (Å²) in [5.74, 6) is 1.48. The van der Waals surface area contributed by atoms with Crippen LogP contribution in [-0.4, -0.2) is 13.2 Å². The average molecular weight is 195 g/mol. The lowest BCUT2D eigenvalue weighted by atomic mass is 10.2. The molecule has 0 aliphatic carbocycles. The highest BCUT2D eigenvalue weighted by molar-refractivity contribution is 5.58. The Morgan fingerprint density at radius 1 is 1.21 bits per heavy atom. The van der Waals surface area contributed by atoms with E-state index in [1.165, 1.54) is 0 Å². The molecular weight excluding hydrogens is 178 g/mol. The molecule has 0 aliphatic heterocycles. The molecule has 1 aromatic rings. The number of nitrogen functional groups attached to an aromatic ring is 1. The van der Waals surface area contributed by atoms with E-state index in [0.29, 0.717) is 11.4 Å². The molecule has 1 aromatic carbocycles. The van der Waals surface area contributed by atoms with Gasteiger partial charge in [0.1, 0.15) is 11.5 Å². The number of ether oxygens (including phenoxy) is 2. The summed E-state index contributed by atoms with van der Waals surface area (Å²) < 4.78 is 10.7. The van der Waals surface area contributed by atoms with E-state index in [1.807, 2.05) is 32.9 Å². The molecule has 0 heterocycles. The number of nitrogens with two attached hydrogens (primary N) is 1. The average Bonchev–Trinajstić information content (AvgIpc) is 2.09. The van der Waals surface area contributed by atoms with Gasteiger partial charge in [-0.25, -0.2) is 0 Å². The lowest BCUT2D eigenvalue weighted by Gasteiger charge is -2.14. The van der Waals surface area contributed by atoms with Crippen molar-refractivity contribution in [3.8, 4) is 11.5 Å². The molecule has 2 N–H and O–H groups in total. The second-order valence-electron chi connectivity index (χ2n) is 3.53. The molecule has 14 heavy (non-hydrogen) atoms. The summed E-state index contributed by atoms with van der Waals surface area (Å²) in [6.45, 7) is 5.94. The fourth-order valence-electron chi connectivity index (χ4n) is 1.25. The first-order valence-electron chi connectivity index (χ1n) is 4.65. The van der Waals surface area contributed by atoms with Crippen LogP contribution in [0.1, 0.15) is 19.4 Å². The first kappa shape index (κ1) is 10.7. The second-order valence-corrected chi connectivity index (χ2v) is 3.53. The number of hydrogen-bond acceptors (Lipinski definition) is 3. The Morgan fingerprint density at radius 2 is 1.86 bits per heavy atom. The molecular formula is C11H17NO2. The van der Waals surface area contributed by atoms with Crippen LogP contribution in [0, 0.1) is 6.92 Å². The largest absolute Gasteiger partial charge is 0.494 e. The van der Waals surface area contributed by atoms with Gasteiger partial charge in [-0.3, -0.25) is 0 Å². The summed E-state index contributed by atoms with van der Waals surface area (Å²) in [4.78, 5) is 0. The molecule has 0 fully saturated rings. The van der Waals surface area contributed by atoms with Crippen LogP contribution in [0.25, 0.3) is 0 Å². The second kappa shape index (κ2) is 4.22. The molecule has 0 spiro atoms. The smallest absolute Gasteiger partial charge is 0.145 e. The van der Waals surface area contributed by atoms with Crippen molar-refractivity contribution >= 4 is 5.69 Å². The number of hydrogen-bond donors (Lipinski definition) is 1. The molecule has 1 rings (SSSR count). The van der Waals surface area contributed by atoms with Crippen molar-refractivity contribution in [2.75, 3.05) is 12.8 Å². The number of anilines is 1. The van der Waals surface area contributed by atoms with E-state index in [9.17, 15) is 0 Å². The van der Waals surface area contributed by atoms with Crippen molar-refractivity contribution in [1.82, 2.24) is 0 Å². The van der Waals surface area contributed by atoms with E-state index in [-0.39, 0.29) is 6.10 Å². The fourth-order valence-corrected chi connectivity index (χ4v) is 1.25. The van der Waals surface area contributed by atoms with E-state index in [2.05, 4.69) is 0 Å². The monoisotopic (exact) mass is 195 g/mol. The van der Waals surface area contributed by atoms with E-state index in [1.54, 1.807) is 7.11 Å². The van der Waals surface area contributed by atoms with Gasteiger partial charge in [-0.05, 0) is 32.4 Å². The molecule has 78 valence electrons. The zero-order chi connectivity index (χ0) is 10.7. The number of benzene rings is 1. The number of rotatable bonds is 3. The highest BCUT2D eigenvalue weighted by atomic mass is 16.5. The summed E-state index contributed by atoms with van der Waals surface area (Å²) >= 11 is 0. The van der Waals surface area contributed by atoms with Gasteiger partial charge >= 0.3 is 0 Å². The summed E-state index contributed by atoms with van der Waals surface area (Å²) in [7, 11) is 1.60. The fraction of sp³-hybridized carbons (Fsp3) is 0.455. The van der Waals surface area contributed by atoms with Crippen LogP contribution in [-0.2, 0) is 0 Å². The Labute approximate surface area is 84.8 Å². The Bertz CT molecular complexity index is 321. The minimum absolute atomic E-state index is 0.155. The maximum atomic E-state index is 5.75. The number of methoxy groups -OCH3 is 1. The minimum Gasteiger partial charge on any atom is -0.494 e. The first-order chi connectivity index (χ1) is 6.54. The summed E-state index contributed by atoms with van der Waals surface area (Å²) in [6, 6.07) is 3.68. The normalized spacial score (nSPS) is 10.4. The first-order valence-corrected chi connectivity index (χ1v) is 4.65. The molecule has 3 heteroatoms. The van der Waals surface area contributed by atoms with Gasteiger partial charge in [0, 0.05) is 6.07 Å². The van der Waals surface area contributed by atoms with Crippen LogP contribution >= 0.6 is 0 Å². The quantitative estimate of drug-likeness (QED) is 0.753. The lowest BCUT2D eigenvalue weighted by Crippen LogP contribution is -2.07. The maximum absolute atomic E-state index is 5.75. The van der Waals surface area contributed by atoms with Gasteiger partial charge < -0.3 is 15.2 Å². The highest BCUT2D eigenvalue weighted by Gasteiger charge is 2.07. The molecule has 0 unspecified atom stereocenters. The van der Waals surface area contributed by atoms with Crippen LogP contribution in [0.3, 0.4) is 0 Å². The molecule has 0 amide bonds. The third-order valence-corrected chi connectivity index (χ3v) is 1.89. The molecule has 3 nitrogen and oxygen atoms in total. The van der Waals surface area contributed by atoms with Gasteiger partial charge in [0.25, 0.3) is 0 Å². The van der Waals surface area contributed by atoms with Crippen molar-refractivity contribution in [3.63, 3.8) is 0 Å². The van der Waals surface area contributed by atoms with E-state index in [0.717, 1.165) is 11.3 Å². The molecule has 0 bridgehead atoms. The van der Waals surface area contributed by atoms with Crippen LogP contribution in [0.4, 0.5) is 5.69 Å². The standard InChI is InChI=1S/C11H17NO2/c1-7(2)14-10-6-11(13-4)9(12)5-8(10)3/h5-7H,12H2,1-4H3. The van der Waals surface area contributed by atoms with E-state index >= 15 is 0 Å². The molecule has 0 aromatic heterocycles. The van der Waals surface area contributed by atoms with Gasteiger partial charge in [0.15, 0.2) is 0 Å². The van der Waals surface area contributed by atoms with Gasteiger partial charge in [-0.15, -0.1) is 0 Å². The molecule has 0 radical (unpaired) electrons. The zero-order valence-corrected chi connectivity index (χ0v) is 9.13. The highest BCUT2D eigenvalue weighted by Crippen LogP contribution is 2.30. The van der Waals surface area contributed by atoms with Crippen molar-refractivity contribution in [1.29, 1.82) is 0 Å². The lowest BCUT2D eigenvalue weighted by molar-refractivity contribution is 0.239. The number of aryl methyl sites for hydroxylation is 1. The molecule has 0 atom stereocenters. The van der Waals surface area contributed by atoms with Gasteiger partial charge in [-0.1, -0.05) is 0 Å². The van der Waals surface area contributed by atoms with Gasteiger partial charge in [0.05, 0.1) is 18.9 Å². The van der Waals surface area contributed by atoms with E-state index in [4.69, 9.17) is 15.2 Å². The third kappa shape index (κ3) is 2.31. The maximum Gasteiger partial charge on any atom is 0.145 e. The minimum atomic E-state index is 0.155. The molecule has 0 aliphatic rings. The summed E-state index contributed by atoms with van der Waals surface area (Å²) in [5.41, 5.74) is 7.42. The van der Waals surface area contributed by atoms with Crippen LogP contribution < -0.4 is 15.2 Å². The Balaban J connectivity index is 3.04. The Hall–Kier alpha value is -1.38. The van der Waals surface area contributed by atoms with Crippen LogP contribution in [0.5, 0.6) is 11.5 Å². The Kier molecular flexibility index (Phi) is 3.23. The Morgan fingerprint density at radius 3 is 2.36 bits per heavy atom.